The van der Waals surface area contributed by atoms with Crippen molar-refractivity contribution in [3.05, 3.63) is 23.4 Å². The van der Waals surface area contributed by atoms with Gasteiger partial charge in [-0.15, -0.1) is 0 Å². The molecular weight excluding hydrogens is 283 g/mol. The predicted octanol–water partition coefficient (Wildman–Crippen LogP) is 2.57. The van der Waals surface area contributed by atoms with Crippen LogP contribution in [0.25, 0.3) is 0 Å². The summed E-state index contributed by atoms with van der Waals surface area (Å²) in [7, 11) is 0. The summed E-state index contributed by atoms with van der Waals surface area (Å²) in [5.74, 6) is 0.0436. The molecule has 0 aromatic carbocycles. The van der Waals surface area contributed by atoms with Gasteiger partial charge in [0.15, 0.2) is 0 Å². The summed E-state index contributed by atoms with van der Waals surface area (Å²) >= 11 is 0. The van der Waals surface area contributed by atoms with Crippen molar-refractivity contribution < 1.29 is 18.3 Å². The first-order valence-electron chi connectivity index (χ1n) is 6.72. The number of anilines is 1. The first kappa shape index (κ1) is 15.6. The van der Waals surface area contributed by atoms with E-state index in [1.807, 2.05) is 13.0 Å². The van der Waals surface area contributed by atoms with Crippen LogP contribution in [-0.2, 0) is 6.18 Å². The van der Waals surface area contributed by atoms with Gasteiger partial charge in [0.2, 0.25) is 0 Å². The Labute approximate surface area is 120 Å². The zero-order valence-corrected chi connectivity index (χ0v) is 11.6. The van der Waals surface area contributed by atoms with Crippen molar-refractivity contribution in [3.63, 3.8) is 0 Å². The fraction of sp³-hybridized carbons (Fsp3) is 0.571. The van der Waals surface area contributed by atoms with Crippen molar-refractivity contribution >= 4 is 5.82 Å². The molecular formula is C14H16F3N3O. The molecule has 4 nitrogen and oxygen atoms in total. The zero-order valence-electron chi connectivity index (χ0n) is 11.6. The van der Waals surface area contributed by atoms with Crippen LogP contribution in [0.3, 0.4) is 0 Å². The van der Waals surface area contributed by atoms with Crippen LogP contribution in [0.4, 0.5) is 19.0 Å². The number of pyridine rings is 1. The Kier molecular flexibility index (Phi) is 4.37. The number of nitrogens with zero attached hydrogens (tertiary/aromatic N) is 3. The summed E-state index contributed by atoms with van der Waals surface area (Å²) in [4.78, 5) is 5.35. The van der Waals surface area contributed by atoms with Crippen LogP contribution in [0.1, 0.15) is 31.0 Å². The third-order valence-corrected chi connectivity index (χ3v) is 3.80. The Morgan fingerprint density at radius 1 is 1.43 bits per heavy atom. The molecule has 2 atom stereocenters. The maximum atomic E-state index is 12.8. The molecule has 1 saturated heterocycles. The lowest BCUT2D eigenvalue weighted by Crippen LogP contribution is -2.44. The summed E-state index contributed by atoms with van der Waals surface area (Å²) in [5.41, 5.74) is -0.886. The van der Waals surface area contributed by atoms with Crippen molar-refractivity contribution in [1.82, 2.24) is 4.98 Å². The molecule has 1 aromatic rings. The molecule has 0 amide bonds. The maximum absolute atomic E-state index is 12.8. The second-order valence-corrected chi connectivity index (χ2v) is 5.30. The molecule has 0 aliphatic carbocycles. The summed E-state index contributed by atoms with van der Waals surface area (Å²) < 4.78 is 38.4. The van der Waals surface area contributed by atoms with Crippen molar-refractivity contribution in [1.29, 1.82) is 5.26 Å². The number of aromatic nitrogens is 1. The predicted molar refractivity (Wildman–Crippen MR) is 70.6 cm³/mol. The molecule has 1 N–H and O–H groups in total. The van der Waals surface area contributed by atoms with E-state index in [0.717, 1.165) is 25.0 Å². The maximum Gasteiger partial charge on any atom is 0.433 e. The highest BCUT2D eigenvalue weighted by atomic mass is 19.4. The minimum absolute atomic E-state index is 0.0101. The van der Waals surface area contributed by atoms with Gasteiger partial charge in [-0.05, 0) is 37.8 Å². The minimum atomic E-state index is -4.54. The summed E-state index contributed by atoms with van der Waals surface area (Å²) in [5, 5.41) is 18.4. The van der Waals surface area contributed by atoms with Crippen LogP contribution in [0.5, 0.6) is 0 Å². The van der Waals surface area contributed by atoms with Crippen LogP contribution < -0.4 is 4.90 Å². The number of piperidine rings is 1. The number of hydrogen-bond donors (Lipinski definition) is 1. The van der Waals surface area contributed by atoms with Gasteiger partial charge in [0.25, 0.3) is 0 Å². The summed E-state index contributed by atoms with van der Waals surface area (Å²) in [6, 6.07) is 3.85. The Morgan fingerprint density at radius 2 is 2.14 bits per heavy atom. The molecule has 1 aliphatic heterocycles. The molecule has 7 heteroatoms. The molecule has 1 aromatic heterocycles. The lowest BCUT2D eigenvalue weighted by atomic mass is 9.93. The highest BCUT2D eigenvalue weighted by Crippen LogP contribution is 2.33. The third-order valence-electron chi connectivity index (χ3n) is 3.80. The molecule has 1 aliphatic rings. The molecule has 0 saturated carbocycles. The second-order valence-electron chi connectivity index (χ2n) is 5.30. The fourth-order valence-electron chi connectivity index (χ4n) is 2.54. The average Bonchev–Trinajstić information content (AvgIpc) is 2.46. The Hall–Kier alpha value is -1.81. The van der Waals surface area contributed by atoms with E-state index in [4.69, 9.17) is 5.26 Å². The monoisotopic (exact) mass is 299 g/mol. The average molecular weight is 299 g/mol. The topological polar surface area (TPSA) is 60.1 Å². The molecule has 21 heavy (non-hydrogen) atoms. The Morgan fingerprint density at radius 3 is 2.71 bits per heavy atom. The van der Waals surface area contributed by atoms with Crippen molar-refractivity contribution in [3.8, 4) is 6.07 Å². The van der Waals surface area contributed by atoms with Gasteiger partial charge in [-0.1, -0.05) is 0 Å². The van der Waals surface area contributed by atoms with Gasteiger partial charge in [0.05, 0.1) is 5.56 Å². The van der Waals surface area contributed by atoms with E-state index in [9.17, 15) is 18.3 Å². The van der Waals surface area contributed by atoms with Gasteiger partial charge < -0.3 is 10.0 Å². The SMILES string of the molecule is CC1CCC(CO)CN1c1nc(C(F)(F)F)ccc1C#N. The van der Waals surface area contributed by atoms with E-state index in [1.165, 1.54) is 0 Å². The van der Waals surface area contributed by atoms with Gasteiger partial charge in [0, 0.05) is 19.2 Å². The van der Waals surface area contributed by atoms with Gasteiger partial charge in [-0.3, -0.25) is 0 Å². The van der Waals surface area contributed by atoms with Gasteiger partial charge >= 0.3 is 6.18 Å². The Balaban J connectivity index is 2.43. The van der Waals surface area contributed by atoms with Crippen molar-refractivity contribution in [2.75, 3.05) is 18.1 Å². The summed E-state index contributed by atoms with van der Waals surface area (Å²) in [6.45, 7) is 2.27. The number of alkyl halides is 3. The molecule has 1 fully saturated rings. The van der Waals surface area contributed by atoms with Crippen LogP contribution in [0, 0.1) is 17.2 Å². The second kappa shape index (κ2) is 5.90. The number of halogens is 3. The van der Waals surface area contributed by atoms with Crippen LogP contribution in [0.2, 0.25) is 0 Å². The largest absolute Gasteiger partial charge is 0.433 e. The molecule has 114 valence electrons. The number of aliphatic hydroxyl groups excluding tert-OH is 1. The number of nitriles is 1. The number of hydrogen-bond acceptors (Lipinski definition) is 4. The van der Waals surface area contributed by atoms with Gasteiger partial charge in [0.1, 0.15) is 17.6 Å². The normalized spacial score (nSPS) is 23.0. The number of rotatable bonds is 2. The molecule has 2 unspecified atom stereocenters. The minimum Gasteiger partial charge on any atom is -0.396 e. The van der Waals surface area contributed by atoms with E-state index in [0.29, 0.717) is 6.54 Å². The molecule has 0 spiro atoms. The molecule has 2 heterocycles. The van der Waals surface area contributed by atoms with Crippen LogP contribution in [-0.4, -0.2) is 29.3 Å². The van der Waals surface area contributed by atoms with Gasteiger partial charge in [-0.25, -0.2) is 4.98 Å². The molecule has 0 bridgehead atoms. The van der Waals surface area contributed by atoms with Gasteiger partial charge in [-0.2, -0.15) is 18.4 Å². The Bertz CT molecular complexity index is 553. The molecule has 0 radical (unpaired) electrons. The summed E-state index contributed by atoms with van der Waals surface area (Å²) in [6.07, 6.45) is -2.98. The van der Waals surface area contributed by atoms with E-state index in [-0.39, 0.29) is 29.9 Å². The standard InChI is InChI=1S/C14H16F3N3O/c1-9-2-3-10(8-21)7-20(9)13-11(6-18)4-5-12(19-13)14(15,16)17/h4-5,9-10,21H,2-3,7-8H2,1H3. The number of aliphatic hydroxyl groups is 1. The highest BCUT2D eigenvalue weighted by Gasteiger charge is 2.35. The first-order valence-corrected chi connectivity index (χ1v) is 6.72. The lowest BCUT2D eigenvalue weighted by molar-refractivity contribution is -0.141. The zero-order chi connectivity index (χ0) is 15.6. The quantitative estimate of drug-likeness (QED) is 0.912. The van der Waals surface area contributed by atoms with E-state index in [1.54, 1.807) is 4.90 Å². The highest BCUT2D eigenvalue weighted by molar-refractivity contribution is 5.55. The lowest BCUT2D eigenvalue weighted by Gasteiger charge is -2.38. The van der Waals surface area contributed by atoms with E-state index in [2.05, 4.69) is 4.98 Å². The smallest absolute Gasteiger partial charge is 0.396 e. The van der Waals surface area contributed by atoms with Crippen molar-refractivity contribution in [2.24, 2.45) is 5.92 Å². The van der Waals surface area contributed by atoms with E-state index < -0.39 is 11.9 Å². The van der Waals surface area contributed by atoms with Crippen LogP contribution in [0.15, 0.2) is 12.1 Å². The third kappa shape index (κ3) is 3.27. The fourth-order valence-corrected chi connectivity index (χ4v) is 2.54. The van der Waals surface area contributed by atoms with E-state index >= 15 is 0 Å². The first-order chi connectivity index (χ1) is 9.86. The van der Waals surface area contributed by atoms with Crippen LogP contribution >= 0.6 is 0 Å². The van der Waals surface area contributed by atoms with Crippen molar-refractivity contribution in [2.45, 2.75) is 32.0 Å². The molecule has 2 rings (SSSR count).